The molecule has 0 radical (unpaired) electrons. The molecular formula is C8H10N4. The Morgan fingerprint density at radius 1 is 1.33 bits per heavy atom. The van der Waals surface area contributed by atoms with Crippen molar-refractivity contribution in [3.63, 3.8) is 0 Å². The van der Waals surface area contributed by atoms with E-state index in [2.05, 4.69) is 15.8 Å². The second-order valence-electron chi connectivity index (χ2n) is 2.22. The van der Waals surface area contributed by atoms with E-state index >= 15 is 0 Å². The molecule has 4 heteroatoms. The highest BCUT2D eigenvalue weighted by Crippen LogP contribution is 1.93. The van der Waals surface area contributed by atoms with Crippen molar-refractivity contribution < 1.29 is 0 Å². The molecule has 0 bridgehead atoms. The fourth-order valence-electron chi connectivity index (χ4n) is 0.767. The SMILES string of the molecule is N#CCNNCc1ccncc1. The van der Waals surface area contributed by atoms with Crippen molar-refractivity contribution in [3.05, 3.63) is 30.1 Å². The summed E-state index contributed by atoms with van der Waals surface area (Å²) in [6, 6.07) is 5.80. The molecule has 0 atom stereocenters. The first-order valence-corrected chi connectivity index (χ1v) is 3.65. The molecule has 0 amide bonds. The molecule has 0 unspecified atom stereocenters. The third kappa shape index (κ3) is 3.10. The molecule has 62 valence electrons. The predicted molar refractivity (Wildman–Crippen MR) is 44.7 cm³/mol. The molecule has 0 fully saturated rings. The number of hydrogen-bond acceptors (Lipinski definition) is 4. The summed E-state index contributed by atoms with van der Waals surface area (Å²) in [4.78, 5) is 3.89. The fraction of sp³-hybridized carbons (Fsp3) is 0.250. The molecule has 0 spiro atoms. The number of pyridine rings is 1. The number of hydrazine groups is 1. The Labute approximate surface area is 71.2 Å². The van der Waals surface area contributed by atoms with E-state index in [4.69, 9.17) is 5.26 Å². The Hall–Kier alpha value is -1.44. The van der Waals surface area contributed by atoms with E-state index in [1.165, 1.54) is 0 Å². The van der Waals surface area contributed by atoms with Crippen LogP contribution in [0, 0.1) is 11.3 Å². The van der Waals surface area contributed by atoms with Crippen LogP contribution in [0.25, 0.3) is 0 Å². The molecule has 12 heavy (non-hydrogen) atoms. The minimum atomic E-state index is 0.311. The molecule has 0 aliphatic heterocycles. The van der Waals surface area contributed by atoms with Crippen LogP contribution in [0.1, 0.15) is 5.56 Å². The predicted octanol–water partition coefficient (Wildman–Crippen LogP) is 0.199. The highest BCUT2D eigenvalue weighted by Gasteiger charge is 1.88. The van der Waals surface area contributed by atoms with Gasteiger partial charge in [0.1, 0.15) is 0 Å². The molecule has 1 heterocycles. The lowest BCUT2D eigenvalue weighted by molar-refractivity contribution is 0.569. The monoisotopic (exact) mass is 162 g/mol. The van der Waals surface area contributed by atoms with Gasteiger partial charge in [-0.1, -0.05) is 0 Å². The Balaban J connectivity index is 2.21. The molecule has 1 aromatic heterocycles. The summed E-state index contributed by atoms with van der Waals surface area (Å²) in [5.41, 5.74) is 6.79. The number of nitrogens with one attached hydrogen (secondary N) is 2. The largest absolute Gasteiger partial charge is 0.265 e. The molecule has 0 saturated heterocycles. The van der Waals surface area contributed by atoms with Gasteiger partial charge in [0.05, 0.1) is 12.6 Å². The highest BCUT2D eigenvalue weighted by atomic mass is 15.3. The van der Waals surface area contributed by atoms with Gasteiger partial charge in [-0.05, 0) is 17.7 Å². The zero-order valence-electron chi connectivity index (χ0n) is 6.62. The number of nitriles is 1. The van der Waals surface area contributed by atoms with Gasteiger partial charge in [0, 0.05) is 18.9 Å². The van der Waals surface area contributed by atoms with Crippen LogP contribution in [0.3, 0.4) is 0 Å². The van der Waals surface area contributed by atoms with Crippen LogP contribution in [0.15, 0.2) is 24.5 Å². The van der Waals surface area contributed by atoms with Gasteiger partial charge in [-0.25, -0.2) is 5.43 Å². The van der Waals surface area contributed by atoms with Crippen LogP contribution in [0.5, 0.6) is 0 Å². The van der Waals surface area contributed by atoms with Gasteiger partial charge in [-0.15, -0.1) is 0 Å². The van der Waals surface area contributed by atoms with Crippen LogP contribution in [-0.4, -0.2) is 11.5 Å². The van der Waals surface area contributed by atoms with Crippen molar-refractivity contribution >= 4 is 0 Å². The van der Waals surface area contributed by atoms with E-state index in [-0.39, 0.29) is 0 Å². The molecule has 0 saturated carbocycles. The van der Waals surface area contributed by atoms with E-state index in [1.54, 1.807) is 12.4 Å². The van der Waals surface area contributed by atoms with Gasteiger partial charge in [-0.3, -0.25) is 10.4 Å². The molecule has 0 aliphatic carbocycles. The minimum Gasteiger partial charge on any atom is -0.265 e. The topological polar surface area (TPSA) is 60.7 Å². The third-order valence-corrected chi connectivity index (χ3v) is 1.33. The lowest BCUT2D eigenvalue weighted by Gasteiger charge is -2.02. The molecule has 4 nitrogen and oxygen atoms in total. The van der Waals surface area contributed by atoms with E-state index in [1.807, 2.05) is 18.2 Å². The molecule has 1 rings (SSSR count). The standard InChI is InChI=1S/C8H10N4/c9-3-6-11-12-7-8-1-4-10-5-2-8/h1-2,4-5,11-12H,6-7H2. The van der Waals surface area contributed by atoms with Gasteiger partial charge in [0.15, 0.2) is 0 Å². The molecule has 1 aromatic rings. The molecule has 0 aromatic carbocycles. The summed E-state index contributed by atoms with van der Waals surface area (Å²) in [6.45, 7) is 1.01. The third-order valence-electron chi connectivity index (χ3n) is 1.33. The zero-order chi connectivity index (χ0) is 8.65. The maximum atomic E-state index is 8.20. The van der Waals surface area contributed by atoms with Crippen molar-refractivity contribution in [1.82, 2.24) is 15.8 Å². The van der Waals surface area contributed by atoms with Crippen LogP contribution in [0.2, 0.25) is 0 Å². The van der Waals surface area contributed by atoms with Gasteiger partial charge in [0.2, 0.25) is 0 Å². The van der Waals surface area contributed by atoms with Crippen LogP contribution in [-0.2, 0) is 6.54 Å². The Morgan fingerprint density at radius 3 is 2.75 bits per heavy atom. The van der Waals surface area contributed by atoms with Gasteiger partial charge in [0.25, 0.3) is 0 Å². The smallest absolute Gasteiger partial charge is 0.0972 e. The normalized spacial score (nSPS) is 9.25. The Morgan fingerprint density at radius 2 is 2.08 bits per heavy atom. The van der Waals surface area contributed by atoms with Crippen LogP contribution in [0.4, 0.5) is 0 Å². The zero-order valence-corrected chi connectivity index (χ0v) is 6.62. The minimum absolute atomic E-state index is 0.311. The van der Waals surface area contributed by atoms with Crippen LogP contribution < -0.4 is 10.9 Å². The number of aromatic nitrogens is 1. The summed E-state index contributed by atoms with van der Waals surface area (Å²) in [6.07, 6.45) is 3.47. The second-order valence-corrected chi connectivity index (χ2v) is 2.22. The highest BCUT2D eigenvalue weighted by molar-refractivity contribution is 5.08. The van der Waals surface area contributed by atoms with E-state index in [0.717, 1.165) is 5.56 Å². The lowest BCUT2D eigenvalue weighted by atomic mass is 10.3. The maximum absolute atomic E-state index is 8.20. The van der Waals surface area contributed by atoms with Crippen LogP contribution >= 0.6 is 0 Å². The quantitative estimate of drug-likeness (QED) is 0.377. The van der Waals surface area contributed by atoms with Gasteiger partial charge >= 0.3 is 0 Å². The average Bonchev–Trinajstić information content (AvgIpc) is 2.14. The molecule has 0 aliphatic rings. The van der Waals surface area contributed by atoms with E-state index < -0.39 is 0 Å². The van der Waals surface area contributed by atoms with Gasteiger partial charge < -0.3 is 0 Å². The van der Waals surface area contributed by atoms with Crippen molar-refractivity contribution in [2.75, 3.05) is 6.54 Å². The van der Waals surface area contributed by atoms with Crippen molar-refractivity contribution in [2.24, 2.45) is 0 Å². The second kappa shape index (κ2) is 5.24. The van der Waals surface area contributed by atoms with Crippen molar-refractivity contribution in [2.45, 2.75) is 6.54 Å². The summed E-state index contributed by atoms with van der Waals surface area (Å²) >= 11 is 0. The molecular weight excluding hydrogens is 152 g/mol. The summed E-state index contributed by atoms with van der Waals surface area (Å²) < 4.78 is 0. The first-order valence-electron chi connectivity index (χ1n) is 3.65. The summed E-state index contributed by atoms with van der Waals surface area (Å²) in [5, 5.41) is 8.20. The summed E-state index contributed by atoms with van der Waals surface area (Å²) in [7, 11) is 0. The van der Waals surface area contributed by atoms with Gasteiger partial charge in [-0.2, -0.15) is 5.26 Å². The van der Waals surface area contributed by atoms with E-state index in [9.17, 15) is 0 Å². The Bertz CT molecular complexity index is 252. The molecule has 2 N–H and O–H groups in total. The number of rotatable bonds is 4. The first-order chi connectivity index (χ1) is 5.93. The maximum Gasteiger partial charge on any atom is 0.0972 e. The van der Waals surface area contributed by atoms with Crippen molar-refractivity contribution in [1.29, 1.82) is 5.26 Å². The van der Waals surface area contributed by atoms with E-state index in [0.29, 0.717) is 13.1 Å². The van der Waals surface area contributed by atoms with Crippen molar-refractivity contribution in [3.8, 4) is 6.07 Å². The fourth-order valence-corrected chi connectivity index (χ4v) is 0.767. The lowest BCUT2D eigenvalue weighted by Crippen LogP contribution is -2.31. The Kier molecular flexibility index (Phi) is 3.78. The number of nitrogens with zero attached hydrogens (tertiary/aromatic N) is 2. The first kappa shape index (κ1) is 8.65. The number of hydrogen-bond donors (Lipinski definition) is 2. The average molecular weight is 162 g/mol. The summed E-state index contributed by atoms with van der Waals surface area (Å²) in [5.74, 6) is 0.